The smallest absolute Gasteiger partial charge is 0.253 e. The predicted octanol–water partition coefficient (Wildman–Crippen LogP) is 2.59. The molecule has 0 unspecified atom stereocenters. The van der Waals surface area contributed by atoms with Crippen molar-refractivity contribution in [1.29, 1.82) is 0 Å². The van der Waals surface area contributed by atoms with Crippen LogP contribution in [0.5, 0.6) is 0 Å². The van der Waals surface area contributed by atoms with Gasteiger partial charge in [-0.1, -0.05) is 11.6 Å². The molecule has 1 aliphatic heterocycles. The molecule has 1 aromatic heterocycles. The van der Waals surface area contributed by atoms with Crippen LogP contribution in [0.4, 0.5) is 0 Å². The van der Waals surface area contributed by atoms with Gasteiger partial charge in [0.25, 0.3) is 10.0 Å². The molecule has 102 valence electrons. The van der Waals surface area contributed by atoms with Gasteiger partial charge in [-0.2, -0.15) is 4.31 Å². The van der Waals surface area contributed by atoms with Crippen LogP contribution in [-0.2, 0) is 14.8 Å². The average Bonchev–Trinajstić information content (AvgIpc) is 2.69. The number of ether oxygens (including phenoxy) is 1. The summed E-state index contributed by atoms with van der Waals surface area (Å²) in [5, 5.41) is 0. The van der Waals surface area contributed by atoms with Gasteiger partial charge in [-0.25, -0.2) is 8.42 Å². The van der Waals surface area contributed by atoms with Crippen molar-refractivity contribution >= 4 is 33.0 Å². The van der Waals surface area contributed by atoms with E-state index in [0.717, 1.165) is 11.3 Å². The predicted molar refractivity (Wildman–Crippen MR) is 72.7 cm³/mol. The third kappa shape index (κ3) is 2.58. The first-order chi connectivity index (χ1) is 8.23. The van der Waals surface area contributed by atoms with Gasteiger partial charge in [0.15, 0.2) is 0 Å². The molecule has 2 heterocycles. The molecule has 0 N–H and O–H groups in total. The van der Waals surface area contributed by atoms with E-state index in [-0.39, 0.29) is 10.3 Å². The topological polar surface area (TPSA) is 46.6 Å². The molecular formula is C11H16ClNO3S2. The highest BCUT2D eigenvalue weighted by Crippen LogP contribution is 2.33. The quantitative estimate of drug-likeness (QED) is 0.843. The Hall–Kier alpha value is -0.140. The van der Waals surface area contributed by atoms with Crippen LogP contribution in [0.15, 0.2) is 16.3 Å². The number of halogens is 1. The van der Waals surface area contributed by atoms with E-state index in [1.807, 2.05) is 20.8 Å². The molecule has 0 spiro atoms. The standard InChI is InChI=1S/C11H16ClNO3S2/c1-8-6-13(11(2,3)7-16-8)18(14,15)10-5-4-9(12)17-10/h4-5,8H,6-7H2,1-3H3/t8-/m0/s1. The molecule has 0 amide bonds. The largest absolute Gasteiger partial charge is 0.375 e. The van der Waals surface area contributed by atoms with E-state index in [1.165, 1.54) is 4.31 Å². The lowest BCUT2D eigenvalue weighted by Gasteiger charge is -2.43. The van der Waals surface area contributed by atoms with E-state index >= 15 is 0 Å². The first kappa shape index (κ1) is 14.3. The Morgan fingerprint density at radius 1 is 1.50 bits per heavy atom. The first-order valence-corrected chi connectivity index (χ1v) is 8.27. The zero-order chi connectivity index (χ0) is 13.6. The van der Waals surface area contributed by atoms with Crippen molar-refractivity contribution in [3.8, 4) is 0 Å². The van der Waals surface area contributed by atoms with E-state index in [4.69, 9.17) is 16.3 Å². The van der Waals surface area contributed by atoms with E-state index in [1.54, 1.807) is 12.1 Å². The normalized spacial score (nSPS) is 25.2. The van der Waals surface area contributed by atoms with Crippen LogP contribution in [0.2, 0.25) is 4.34 Å². The third-order valence-corrected chi connectivity index (χ3v) is 6.69. The van der Waals surface area contributed by atoms with Crippen molar-refractivity contribution in [1.82, 2.24) is 4.31 Å². The summed E-state index contributed by atoms with van der Waals surface area (Å²) >= 11 is 6.90. The lowest BCUT2D eigenvalue weighted by atomic mass is 10.1. The second kappa shape index (κ2) is 4.76. The van der Waals surface area contributed by atoms with Gasteiger partial charge < -0.3 is 4.74 Å². The summed E-state index contributed by atoms with van der Waals surface area (Å²) in [5.41, 5.74) is -0.540. The number of sulfonamides is 1. The maximum Gasteiger partial charge on any atom is 0.253 e. The summed E-state index contributed by atoms with van der Waals surface area (Å²) < 4.78 is 33.0. The van der Waals surface area contributed by atoms with E-state index in [9.17, 15) is 8.42 Å². The molecule has 0 aromatic carbocycles. The monoisotopic (exact) mass is 309 g/mol. The van der Waals surface area contributed by atoms with Gasteiger partial charge in [-0.05, 0) is 32.9 Å². The molecule has 2 rings (SSSR count). The Bertz CT molecular complexity index is 538. The molecule has 0 aliphatic carbocycles. The van der Waals surface area contributed by atoms with Gasteiger partial charge in [0.1, 0.15) is 4.21 Å². The summed E-state index contributed by atoms with van der Waals surface area (Å²) in [6, 6.07) is 3.16. The lowest BCUT2D eigenvalue weighted by Crippen LogP contribution is -2.57. The Kier molecular flexibility index (Phi) is 3.77. The molecule has 18 heavy (non-hydrogen) atoms. The fourth-order valence-electron chi connectivity index (χ4n) is 1.92. The minimum absolute atomic E-state index is 0.0942. The number of hydrogen-bond acceptors (Lipinski definition) is 4. The summed E-state index contributed by atoms with van der Waals surface area (Å²) in [7, 11) is -3.49. The van der Waals surface area contributed by atoms with Gasteiger partial charge >= 0.3 is 0 Å². The number of morpholine rings is 1. The van der Waals surface area contributed by atoms with E-state index in [0.29, 0.717) is 17.5 Å². The Labute approximate surface area is 117 Å². The summed E-state index contributed by atoms with van der Waals surface area (Å²) in [6.45, 7) is 6.37. The Balaban J connectivity index is 2.39. The molecule has 0 bridgehead atoms. The highest BCUT2D eigenvalue weighted by molar-refractivity contribution is 7.91. The molecule has 1 aliphatic rings. The van der Waals surface area contributed by atoms with Crippen molar-refractivity contribution < 1.29 is 13.2 Å². The molecular weight excluding hydrogens is 294 g/mol. The number of rotatable bonds is 2. The molecule has 1 fully saturated rings. The van der Waals surface area contributed by atoms with Gasteiger partial charge in [-0.15, -0.1) is 11.3 Å². The fraction of sp³-hybridized carbons (Fsp3) is 0.636. The molecule has 0 radical (unpaired) electrons. The Morgan fingerprint density at radius 3 is 2.72 bits per heavy atom. The van der Waals surface area contributed by atoms with E-state index in [2.05, 4.69) is 0 Å². The van der Waals surface area contributed by atoms with E-state index < -0.39 is 15.6 Å². The summed E-state index contributed by atoms with van der Waals surface area (Å²) in [4.78, 5) is 0. The molecule has 1 aromatic rings. The summed E-state index contributed by atoms with van der Waals surface area (Å²) in [6.07, 6.45) is -0.0942. The lowest BCUT2D eigenvalue weighted by molar-refractivity contribution is -0.0550. The zero-order valence-corrected chi connectivity index (χ0v) is 12.9. The minimum Gasteiger partial charge on any atom is -0.375 e. The maximum absolute atomic E-state index is 12.6. The van der Waals surface area contributed by atoms with Crippen LogP contribution < -0.4 is 0 Å². The van der Waals surface area contributed by atoms with Crippen LogP contribution in [0.1, 0.15) is 20.8 Å². The second-order valence-corrected chi connectivity index (χ2v) is 8.83. The highest BCUT2D eigenvalue weighted by Gasteiger charge is 2.42. The fourth-order valence-corrected chi connectivity index (χ4v) is 5.36. The van der Waals surface area contributed by atoms with Gasteiger partial charge in [0, 0.05) is 6.54 Å². The van der Waals surface area contributed by atoms with Crippen LogP contribution in [0, 0.1) is 0 Å². The Morgan fingerprint density at radius 2 is 2.17 bits per heavy atom. The second-order valence-electron chi connectivity index (χ2n) is 5.03. The zero-order valence-electron chi connectivity index (χ0n) is 10.5. The number of hydrogen-bond donors (Lipinski definition) is 0. The molecule has 0 saturated carbocycles. The molecule has 1 saturated heterocycles. The number of thiophene rings is 1. The van der Waals surface area contributed by atoms with Crippen LogP contribution >= 0.6 is 22.9 Å². The highest BCUT2D eigenvalue weighted by atomic mass is 35.5. The van der Waals surface area contributed by atoms with Gasteiger partial charge in [-0.3, -0.25) is 0 Å². The van der Waals surface area contributed by atoms with Gasteiger partial charge in [0.2, 0.25) is 0 Å². The SMILES string of the molecule is C[C@H]1CN(S(=O)(=O)c2ccc(Cl)s2)C(C)(C)CO1. The average molecular weight is 310 g/mol. The third-order valence-electron chi connectivity index (χ3n) is 2.91. The molecule has 1 atom stereocenters. The first-order valence-electron chi connectivity index (χ1n) is 5.63. The van der Waals surface area contributed by atoms with Crippen LogP contribution in [-0.4, -0.2) is 37.5 Å². The van der Waals surface area contributed by atoms with Crippen molar-refractivity contribution in [2.75, 3.05) is 13.2 Å². The van der Waals surface area contributed by atoms with Gasteiger partial charge in [0.05, 0.1) is 22.6 Å². The minimum atomic E-state index is -3.49. The van der Waals surface area contributed by atoms with Crippen molar-refractivity contribution in [2.45, 2.75) is 36.6 Å². The molecule has 7 heteroatoms. The van der Waals surface area contributed by atoms with Crippen molar-refractivity contribution in [2.24, 2.45) is 0 Å². The van der Waals surface area contributed by atoms with Crippen LogP contribution in [0.25, 0.3) is 0 Å². The van der Waals surface area contributed by atoms with Crippen LogP contribution in [0.3, 0.4) is 0 Å². The number of nitrogens with zero attached hydrogens (tertiary/aromatic N) is 1. The van der Waals surface area contributed by atoms with Crippen molar-refractivity contribution in [3.05, 3.63) is 16.5 Å². The maximum atomic E-state index is 12.6. The van der Waals surface area contributed by atoms with Crippen molar-refractivity contribution in [3.63, 3.8) is 0 Å². The molecule has 4 nitrogen and oxygen atoms in total. The summed E-state index contributed by atoms with van der Waals surface area (Å²) in [5.74, 6) is 0.